The fourth-order valence-corrected chi connectivity index (χ4v) is 4.62. The van der Waals surface area contributed by atoms with Crippen molar-refractivity contribution in [2.45, 2.75) is 11.7 Å². The summed E-state index contributed by atoms with van der Waals surface area (Å²) >= 11 is 1.37. The molecule has 3 aromatic rings. The van der Waals surface area contributed by atoms with Crippen LogP contribution in [0.25, 0.3) is 5.69 Å². The van der Waals surface area contributed by atoms with Crippen LogP contribution in [-0.2, 0) is 16.1 Å². The number of nitrogens with zero attached hydrogens (tertiary/aromatic N) is 3. The van der Waals surface area contributed by atoms with Gasteiger partial charge < -0.3 is 24.4 Å². The number of carbonyl (C=O) groups is 1. The highest BCUT2D eigenvalue weighted by Gasteiger charge is 2.22. The molecule has 2 aliphatic rings. The van der Waals surface area contributed by atoms with Gasteiger partial charge in [-0.3, -0.25) is 9.36 Å². The van der Waals surface area contributed by atoms with Crippen molar-refractivity contribution in [3.8, 4) is 17.2 Å². The number of carbonyl (C=O) groups excluding carboxylic acids is 1. The third kappa shape index (κ3) is 5.29. The van der Waals surface area contributed by atoms with Crippen LogP contribution < -0.4 is 19.7 Å². The molecule has 1 amide bonds. The molecule has 0 bridgehead atoms. The first kappa shape index (κ1) is 21.7. The van der Waals surface area contributed by atoms with E-state index in [0.717, 1.165) is 44.4 Å². The van der Waals surface area contributed by atoms with Gasteiger partial charge in [0, 0.05) is 17.4 Å². The van der Waals surface area contributed by atoms with E-state index < -0.39 is 0 Å². The molecule has 2 aromatic carbocycles. The number of ether oxygens (including phenoxy) is 3. The maximum Gasteiger partial charge on any atom is 0.234 e. The van der Waals surface area contributed by atoms with Crippen molar-refractivity contribution in [1.29, 1.82) is 0 Å². The van der Waals surface area contributed by atoms with Gasteiger partial charge in [-0.2, -0.15) is 0 Å². The molecule has 9 nitrogen and oxygen atoms in total. The molecule has 1 fully saturated rings. The number of para-hydroxylation sites is 1. The molecular formula is C23H26N5O4S+. The predicted molar refractivity (Wildman–Crippen MR) is 123 cm³/mol. The summed E-state index contributed by atoms with van der Waals surface area (Å²) < 4.78 is 18.6. The molecule has 1 aromatic heterocycles. The zero-order valence-electron chi connectivity index (χ0n) is 18.2. The lowest BCUT2D eigenvalue weighted by atomic mass is 10.2. The van der Waals surface area contributed by atoms with Crippen LogP contribution in [0.1, 0.15) is 5.82 Å². The van der Waals surface area contributed by atoms with E-state index in [-0.39, 0.29) is 11.7 Å². The Morgan fingerprint density at radius 1 is 1.00 bits per heavy atom. The topological polar surface area (TPSA) is 91.9 Å². The van der Waals surface area contributed by atoms with Crippen LogP contribution >= 0.6 is 11.8 Å². The summed E-state index contributed by atoms with van der Waals surface area (Å²) in [5.74, 6) is 2.31. The third-order valence-corrected chi connectivity index (χ3v) is 6.41. The second kappa shape index (κ2) is 10.2. The summed E-state index contributed by atoms with van der Waals surface area (Å²) in [4.78, 5) is 14.1. The van der Waals surface area contributed by atoms with E-state index in [2.05, 4.69) is 15.5 Å². The smallest absolute Gasteiger partial charge is 0.234 e. The number of nitrogens with one attached hydrogen (secondary N) is 2. The fourth-order valence-electron chi connectivity index (χ4n) is 3.85. The minimum atomic E-state index is -0.125. The Hall–Kier alpha value is -3.08. The summed E-state index contributed by atoms with van der Waals surface area (Å²) in [6.45, 7) is 5.21. The van der Waals surface area contributed by atoms with Crippen LogP contribution in [0.15, 0.2) is 53.7 Å². The molecule has 3 heterocycles. The first-order valence-electron chi connectivity index (χ1n) is 11.0. The monoisotopic (exact) mass is 468 g/mol. The van der Waals surface area contributed by atoms with Gasteiger partial charge in [0.25, 0.3) is 0 Å². The Bertz CT molecular complexity index is 1100. The number of aromatic nitrogens is 3. The number of thioether (sulfide) groups is 1. The van der Waals surface area contributed by atoms with Crippen molar-refractivity contribution >= 4 is 23.4 Å². The molecule has 1 saturated heterocycles. The Balaban J connectivity index is 1.28. The SMILES string of the molecule is O=C(CSc1nnc(C[NH+]2CCOCC2)n1-c1ccccc1)Nc1ccc2c(c1)OCCO2. The van der Waals surface area contributed by atoms with E-state index in [1.807, 2.05) is 47.0 Å². The van der Waals surface area contributed by atoms with Gasteiger partial charge in [0.15, 0.2) is 22.5 Å². The van der Waals surface area contributed by atoms with Gasteiger partial charge in [0.05, 0.1) is 19.0 Å². The second-order valence-corrected chi connectivity index (χ2v) is 8.75. The van der Waals surface area contributed by atoms with Crippen molar-refractivity contribution < 1.29 is 23.9 Å². The molecule has 0 atom stereocenters. The summed E-state index contributed by atoms with van der Waals surface area (Å²) in [5, 5.41) is 12.5. The number of benzene rings is 2. The quantitative estimate of drug-likeness (QED) is 0.503. The Labute approximate surface area is 196 Å². The zero-order chi connectivity index (χ0) is 22.5. The van der Waals surface area contributed by atoms with Gasteiger partial charge in [-0.25, -0.2) is 0 Å². The number of morpholine rings is 1. The largest absolute Gasteiger partial charge is 0.486 e. The molecule has 10 heteroatoms. The molecule has 5 rings (SSSR count). The highest BCUT2D eigenvalue weighted by molar-refractivity contribution is 7.99. The highest BCUT2D eigenvalue weighted by Crippen LogP contribution is 2.32. The van der Waals surface area contributed by atoms with E-state index in [4.69, 9.17) is 14.2 Å². The third-order valence-electron chi connectivity index (χ3n) is 5.48. The van der Waals surface area contributed by atoms with Crippen LogP contribution in [-0.4, -0.2) is 65.9 Å². The molecule has 0 unspecified atom stereocenters. The molecule has 2 aliphatic heterocycles. The summed E-state index contributed by atoms with van der Waals surface area (Å²) in [7, 11) is 0. The summed E-state index contributed by atoms with van der Waals surface area (Å²) in [5.41, 5.74) is 1.66. The van der Waals surface area contributed by atoms with Crippen molar-refractivity contribution in [1.82, 2.24) is 14.8 Å². The fraction of sp³-hybridized carbons (Fsp3) is 0.348. The zero-order valence-corrected chi connectivity index (χ0v) is 19.0. The second-order valence-electron chi connectivity index (χ2n) is 7.80. The van der Waals surface area contributed by atoms with E-state index in [0.29, 0.717) is 35.6 Å². The maximum absolute atomic E-state index is 12.6. The molecule has 0 saturated carbocycles. The molecule has 2 N–H and O–H groups in total. The number of fused-ring (bicyclic) bond motifs is 1. The first-order chi connectivity index (χ1) is 16.3. The minimum absolute atomic E-state index is 0.125. The van der Waals surface area contributed by atoms with Crippen LogP contribution in [0.2, 0.25) is 0 Å². The molecule has 172 valence electrons. The van der Waals surface area contributed by atoms with Crippen LogP contribution in [0.3, 0.4) is 0 Å². The molecule has 33 heavy (non-hydrogen) atoms. The van der Waals surface area contributed by atoms with Gasteiger partial charge >= 0.3 is 0 Å². The molecule has 0 radical (unpaired) electrons. The number of anilines is 1. The van der Waals surface area contributed by atoms with Gasteiger partial charge in [-0.1, -0.05) is 30.0 Å². The van der Waals surface area contributed by atoms with Gasteiger partial charge in [0.1, 0.15) is 32.8 Å². The highest BCUT2D eigenvalue weighted by atomic mass is 32.2. The number of quaternary nitrogens is 1. The summed E-state index contributed by atoms with van der Waals surface area (Å²) in [6, 6.07) is 15.4. The molecular weight excluding hydrogens is 442 g/mol. The van der Waals surface area contributed by atoms with E-state index >= 15 is 0 Å². The van der Waals surface area contributed by atoms with Crippen LogP contribution in [0.5, 0.6) is 11.5 Å². The van der Waals surface area contributed by atoms with Crippen molar-refractivity contribution in [2.24, 2.45) is 0 Å². The number of hydrogen-bond acceptors (Lipinski definition) is 7. The van der Waals surface area contributed by atoms with Crippen LogP contribution in [0.4, 0.5) is 5.69 Å². The summed E-state index contributed by atoms with van der Waals surface area (Å²) in [6.07, 6.45) is 0. The predicted octanol–water partition coefficient (Wildman–Crippen LogP) is 1.18. The van der Waals surface area contributed by atoms with Crippen molar-refractivity contribution in [3.05, 3.63) is 54.4 Å². The van der Waals surface area contributed by atoms with E-state index in [1.54, 1.807) is 6.07 Å². The number of rotatable bonds is 7. The average Bonchev–Trinajstić information content (AvgIpc) is 3.26. The minimum Gasteiger partial charge on any atom is -0.486 e. The number of hydrogen-bond donors (Lipinski definition) is 2. The Kier molecular flexibility index (Phi) is 6.75. The van der Waals surface area contributed by atoms with Crippen molar-refractivity contribution in [3.63, 3.8) is 0 Å². The molecule has 0 spiro atoms. The van der Waals surface area contributed by atoms with Crippen molar-refractivity contribution in [2.75, 3.05) is 50.6 Å². The first-order valence-corrected chi connectivity index (χ1v) is 12.0. The number of amides is 1. The van der Waals surface area contributed by atoms with Gasteiger partial charge in [-0.15, -0.1) is 10.2 Å². The van der Waals surface area contributed by atoms with E-state index in [1.165, 1.54) is 16.7 Å². The molecule has 0 aliphatic carbocycles. The standard InChI is InChI=1S/C23H25N5O4S/c29-22(24-17-6-7-19-20(14-17)32-13-12-31-19)16-33-23-26-25-21(15-27-8-10-30-11-9-27)28(23)18-4-2-1-3-5-18/h1-7,14H,8-13,15-16H2,(H,24,29)/p+1. The Morgan fingerprint density at radius 2 is 1.79 bits per heavy atom. The normalized spacial score (nSPS) is 15.9. The average molecular weight is 469 g/mol. The lowest BCUT2D eigenvalue weighted by Gasteiger charge is -2.23. The lowest BCUT2D eigenvalue weighted by Crippen LogP contribution is -3.12. The van der Waals surface area contributed by atoms with Gasteiger partial charge in [-0.05, 0) is 24.3 Å². The Morgan fingerprint density at radius 3 is 2.61 bits per heavy atom. The van der Waals surface area contributed by atoms with E-state index in [9.17, 15) is 4.79 Å². The van der Waals surface area contributed by atoms with Crippen LogP contribution in [0, 0.1) is 0 Å². The maximum atomic E-state index is 12.6. The lowest BCUT2D eigenvalue weighted by molar-refractivity contribution is -0.922. The van der Waals surface area contributed by atoms with Gasteiger partial charge in [0.2, 0.25) is 5.91 Å².